The van der Waals surface area contributed by atoms with E-state index in [9.17, 15) is 4.79 Å². The molecule has 4 unspecified atom stereocenters. The number of carbonyl (C=O) groups excluding carboxylic acids is 1. The molecule has 3 heteroatoms. The van der Waals surface area contributed by atoms with Crippen LogP contribution < -0.4 is 5.73 Å². The number of hydrogen-bond acceptors (Lipinski definition) is 2. The Morgan fingerprint density at radius 1 is 1.38 bits per heavy atom. The third-order valence-electron chi connectivity index (χ3n) is 4.61. The van der Waals surface area contributed by atoms with Crippen LogP contribution in [0.1, 0.15) is 40.0 Å². The number of fused-ring (bicyclic) bond motifs is 2. The van der Waals surface area contributed by atoms with E-state index in [1.165, 1.54) is 12.8 Å². The molecule has 2 saturated heterocycles. The molecule has 16 heavy (non-hydrogen) atoms. The van der Waals surface area contributed by atoms with Crippen LogP contribution in [0.5, 0.6) is 0 Å². The zero-order valence-corrected chi connectivity index (χ0v) is 10.6. The Morgan fingerprint density at radius 2 is 2.06 bits per heavy atom. The van der Waals surface area contributed by atoms with Gasteiger partial charge in [0.25, 0.3) is 0 Å². The van der Waals surface area contributed by atoms with Gasteiger partial charge in [-0.3, -0.25) is 4.79 Å². The van der Waals surface area contributed by atoms with Crippen molar-refractivity contribution in [3.05, 3.63) is 0 Å². The lowest BCUT2D eigenvalue weighted by Gasteiger charge is -2.28. The molecule has 2 aliphatic heterocycles. The Balaban J connectivity index is 2.08. The molecule has 0 aromatic heterocycles. The highest BCUT2D eigenvalue weighted by molar-refractivity contribution is 5.80. The number of hydrogen-bond donors (Lipinski definition) is 1. The van der Waals surface area contributed by atoms with Crippen molar-refractivity contribution < 1.29 is 4.79 Å². The van der Waals surface area contributed by atoms with Gasteiger partial charge in [-0.15, -0.1) is 0 Å². The predicted molar refractivity (Wildman–Crippen MR) is 64.8 cm³/mol. The van der Waals surface area contributed by atoms with Crippen LogP contribution in [-0.4, -0.2) is 29.4 Å². The van der Waals surface area contributed by atoms with Crippen LogP contribution in [0.2, 0.25) is 0 Å². The van der Waals surface area contributed by atoms with Crippen LogP contribution in [0.15, 0.2) is 0 Å². The van der Waals surface area contributed by atoms with Gasteiger partial charge in [-0.1, -0.05) is 20.8 Å². The molecule has 2 heterocycles. The first-order valence-corrected chi connectivity index (χ1v) is 6.58. The summed E-state index contributed by atoms with van der Waals surface area (Å²) in [6, 6.07) is 0.941. The quantitative estimate of drug-likeness (QED) is 0.791. The first-order valence-electron chi connectivity index (χ1n) is 6.58. The minimum atomic E-state index is 0.152. The van der Waals surface area contributed by atoms with Gasteiger partial charge in [-0.25, -0.2) is 0 Å². The zero-order chi connectivity index (χ0) is 11.9. The standard InChI is InChI=1S/C13H24N2O/c1-8(2)9(3)13(16)15-11-4-5-12(15)10(6-11)7-14/h8-12H,4-7,14H2,1-3H3. The predicted octanol–water partition coefficient (Wildman–Crippen LogP) is 1.62. The highest BCUT2D eigenvalue weighted by Gasteiger charge is 2.48. The molecule has 0 aromatic rings. The van der Waals surface area contributed by atoms with Crippen LogP contribution >= 0.6 is 0 Å². The maximum Gasteiger partial charge on any atom is 0.226 e. The smallest absolute Gasteiger partial charge is 0.226 e. The molecule has 0 spiro atoms. The van der Waals surface area contributed by atoms with E-state index in [2.05, 4.69) is 25.7 Å². The lowest BCUT2D eigenvalue weighted by Crippen LogP contribution is -2.41. The van der Waals surface area contributed by atoms with Gasteiger partial charge in [0.2, 0.25) is 5.91 Å². The molecule has 0 aliphatic carbocycles. The summed E-state index contributed by atoms with van der Waals surface area (Å²) in [5, 5.41) is 0. The molecule has 2 fully saturated rings. The van der Waals surface area contributed by atoms with Gasteiger partial charge in [-0.05, 0) is 37.6 Å². The van der Waals surface area contributed by atoms with Gasteiger partial charge in [-0.2, -0.15) is 0 Å². The lowest BCUT2D eigenvalue weighted by molar-refractivity contribution is -0.137. The molecule has 2 aliphatic rings. The number of rotatable bonds is 3. The topological polar surface area (TPSA) is 46.3 Å². The summed E-state index contributed by atoms with van der Waals surface area (Å²) in [5.74, 6) is 1.50. The second kappa shape index (κ2) is 4.36. The summed E-state index contributed by atoms with van der Waals surface area (Å²) in [7, 11) is 0. The van der Waals surface area contributed by atoms with E-state index in [1.807, 2.05) is 0 Å². The zero-order valence-electron chi connectivity index (χ0n) is 10.6. The van der Waals surface area contributed by atoms with Crippen molar-refractivity contribution in [1.82, 2.24) is 4.90 Å². The molecular formula is C13H24N2O. The fourth-order valence-electron chi connectivity index (χ4n) is 3.23. The number of nitrogens with two attached hydrogens (primary N) is 1. The maximum atomic E-state index is 12.4. The Bertz CT molecular complexity index is 277. The molecule has 2 bridgehead atoms. The van der Waals surface area contributed by atoms with Crippen molar-refractivity contribution in [3.8, 4) is 0 Å². The fraction of sp³-hybridized carbons (Fsp3) is 0.923. The van der Waals surface area contributed by atoms with Gasteiger partial charge in [0, 0.05) is 18.0 Å². The maximum absolute atomic E-state index is 12.4. The minimum Gasteiger partial charge on any atom is -0.336 e. The molecule has 2 rings (SSSR count). The van der Waals surface area contributed by atoms with Crippen LogP contribution in [-0.2, 0) is 4.79 Å². The van der Waals surface area contributed by atoms with Gasteiger partial charge in [0.1, 0.15) is 0 Å². The van der Waals surface area contributed by atoms with Crippen LogP contribution in [0.3, 0.4) is 0 Å². The normalized spacial score (nSPS) is 34.8. The highest BCUT2D eigenvalue weighted by atomic mass is 16.2. The number of amides is 1. The van der Waals surface area contributed by atoms with E-state index in [-0.39, 0.29) is 5.92 Å². The summed E-state index contributed by atoms with van der Waals surface area (Å²) in [4.78, 5) is 14.6. The largest absolute Gasteiger partial charge is 0.336 e. The second-order valence-electron chi connectivity index (χ2n) is 5.81. The van der Waals surface area contributed by atoms with Gasteiger partial charge in [0.15, 0.2) is 0 Å². The molecule has 92 valence electrons. The minimum absolute atomic E-state index is 0.152. The van der Waals surface area contributed by atoms with Crippen LogP contribution in [0.25, 0.3) is 0 Å². The fourth-order valence-corrected chi connectivity index (χ4v) is 3.23. The van der Waals surface area contributed by atoms with Crippen molar-refractivity contribution in [3.63, 3.8) is 0 Å². The first kappa shape index (κ1) is 11.9. The number of carbonyl (C=O) groups is 1. The van der Waals surface area contributed by atoms with E-state index >= 15 is 0 Å². The van der Waals surface area contributed by atoms with Crippen LogP contribution in [0.4, 0.5) is 0 Å². The van der Waals surface area contributed by atoms with E-state index in [0.29, 0.717) is 29.8 Å². The highest BCUT2D eigenvalue weighted by Crippen LogP contribution is 2.42. The third kappa shape index (κ3) is 1.75. The van der Waals surface area contributed by atoms with E-state index in [0.717, 1.165) is 13.0 Å². The van der Waals surface area contributed by atoms with E-state index in [1.54, 1.807) is 0 Å². The average molecular weight is 224 g/mol. The Labute approximate surface area is 98.4 Å². The SMILES string of the molecule is CC(C)C(C)C(=O)N1C2CCC1C(CN)C2. The summed E-state index contributed by atoms with van der Waals surface area (Å²) >= 11 is 0. The van der Waals surface area contributed by atoms with Gasteiger partial charge in [0.05, 0.1) is 0 Å². The summed E-state index contributed by atoms with van der Waals surface area (Å²) in [6.07, 6.45) is 3.50. The Kier molecular flexibility index (Phi) is 3.24. The summed E-state index contributed by atoms with van der Waals surface area (Å²) in [6.45, 7) is 7.05. The molecule has 4 atom stereocenters. The van der Waals surface area contributed by atoms with Crippen molar-refractivity contribution in [1.29, 1.82) is 0 Å². The molecule has 1 amide bonds. The van der Waals surface area contributed by atoms with E-state index in [4.69, 9.17) is 5.73 Å². The third-order valence-corrected chi connectivity index (χ3v) is 4.61. The molecule has 0 aromatic carbocycles. The van der Waals surface area contributed by atoms with Crippen molar-refractivity contribution in [2.24, 2.45) is 23.5 Å². The average Bonchev–Trinajstić information content (AvgIpc) is 2.83. The molecule has 0 saturated carbocycles. The van der Waals surface area contributed by atoms with Crippen molar-refractivity contribution >= 4 is 5.91 Å². The first-order chi connectivity index (χ1) is 7.56. The summed E-state index contributed by atoms with van der Waals surface area (Å²) in [5.41, 5.74) is 5.78. The lowest BCUT2D eigenvalue weighted by atomic mass is 9.89. The Morgan fingerprint density at radius 3 is 2.56 bits per heavy atom. The summed E-state index contributed by atoms with van der Waals surface area (Å²) < 4.78 is 0. The van der Waals surface area contributed by atoms with E-state index < -0.39 is 0 Å². The molecule has 3 nitrogen and oxygen atoms in total. The number of nitrogens with zero attached hydrogens (tertiary/aromatic N) is 1. The van der Waals surface area contributed by atoms with Crippen molar-refractivity contribution in [2.45, 2.75) is 52.1 Å². The Hall–Kier alpha value is -0.570. The molecule has 2 N–H and O–H groups in total. The molecular weight excluding hydrogens is 200 g/mol. The van der Waals surface area contributed by atoms with Crippen LogP contribution in [0, 0.1) is 17.8 Å². The molecule has 0 radical (unpaired) electrons. The van der Waals surface area contributed by atoms with Gasteiger partial charge >= 0.3 is 0 Å². The van der Waals surface area contributed by atoms with Crippen molar-refractivity contribution in [2.75, 3.05) is 6.54 Å². The second-order valence-corrected chi connectivity index (χ2v) is 5.81. The monoisotopic (exact) mass is 224 g/mol. The van der Waals surface area contributed by atoms with Gasteiger partial charge < -0.3 is 10.6 Å².